The highest BCUT2D eigenvalue weighted by Gasteiger charge is 2.24. The summed E-state index contributed by atoms with van der Waals surface area (Å²) >= 11 is 1.55. The molecule has 4 aromatic heterocycles. The van der Waals surface area contributed by atoms with Gasteiger partial charge in [-0.05, 0) is 50.4 Å². The first kappa shape index (κ1) is 21.0. The first-order valence-corrected chi connectivity index (χ1v) is 11.3. The fraction of sp³-hybridized carbons (Fsp3) is 0.208. The van der Waals surface area contributed by atoms with Crippen LogP contribution in [0.3, 0.4) is 0 Å². The second kappa shape index (κ2) is 8.25. The van der Waals surface area contributed by atoms with Gasteiger partial charge in [0.05, 0.1) is 27.2 Å². The van der Waals surface area contributed by atoms with E-state index in [0.29, 0.717) is 33.9 Å². The molecule has 0 spiro atoms. The number of pyridine rings is 1. The molecule has 0 saturated carbocycles. The third-order valence-electron chi connectivity index (χ3n) is 5.33. The lowest BCUT2D eigenvalue weighted by molar-refractivity contribution is 0.0282. The molecule has 8 nitrogen and oxygen atoms in total. The number of rotatable bonds is 5. The molecular weight excluding hydrogens is 438 g/mol. The van der Waals surface area contributed by atoms with Gasteiger partial charge in [-0.3, -0.25) is 4.68 Å². The van der Waals surface area contributed by atoms with E-state index < -0.39 is 12.1 Å². The van der Waals surface area contributed by atoms with Crippen LogP contribution in [-0.2, 0) is 11.8 Å². The Balaban J connectivity index is 1.46. The van der Waals surface area contributed by atoms with Gasteiger partial charge in [0.1, 0.15) is 0 Å². The van der Waals surface area contributed by atoms with Crippen molar-refractivity contribution < 1.29 is 13.9 Å². The predicted octanol–water partition coefficient (Wildman–Crippen LogP) is 5.28. The Labute approximate surface area is 193 Å². The summed E-state index contributed by atoms with van der Waals surface area (Å²) in [7, 11) is 1.81. The topological polar surface area (TPSA) is 95.9 Å². The maximum Gasteiger partial charge on any atom is 0.339 e. The SMILES string of the molecule is Cc1ccc(-c2nnc(C(C)OC(=O)c3cc(-c4cccs4)nc4c3c(C)nn4C)o2)cc1. The van der Waals surface area contributed by atoms with Gasteiger partial charge >= 0.3 is 5.97 Å². The van der Waals surface area contributed by atoms with E-state index in [4.69, 9.17) is 14.1 Å². The molecule has 0 aliphatic carbocycles. The average Bonchev–Trinajstić information content (AvgIpc) is 3.55. The van der Waals surface area contributed by atoms with E-state index in [0.717, 1.165) is 16.0 Å². The number of fused-ring (bicyclic) bond motifs is 1. The van der Waals surface area contributed by atoms with Crippen LogP contribution in [0.2, 0.25) is 0 Å². The van der Waals surface area contributed by atoms with Crippen LogP contribution in [0.4, 0.5) is 0 Å². The van der Waals surface area contributed by atoms with Gasteiger partial charge in [-0.25, -0.2) is 9.78 Å². The third kappa shape index (κ3) is 3.91. The van der Waals surface area contributed by atoms with Crippen molar-refractivity contribution in [3.63, 3.8) is 0 Å². The predicted molar refractivity (Wildman–Crippen MR) is 125 cm³/mol. The second-order valence-electron chi connectivity index (χ2n) is 7.80. The molecule has 1 atom stereocenters. The zero-order valence-electron chi connectivity index (χ0n) is 18.6. The van der Waals surface area contributed by atoms with Crippen molar-refractivity contribution in [3.05, 3.63) is 70.6 Å². The van der Waals surface area contributed by atoms with E-state index >= 15 is 0 Å². The Morgan fingerprint density at radius 3 is 2.67 bits per heavy atom. The number of aromatic nitrogens is 5. The number of carbonyl (C=O) groups excluding carboxylic acids is 1. The maximum atomic E-state index is 13.3. The van der Waals surface area contributed by atoms with Crippen LogP contribution in [-0.4, -0.2) is 30.9 Å². The van der Waals surface area contributed by atoms with Crippen molar-refractivity contribution in [2.75, 3.05) is 0 Å². The number of nitrogens with zero attached hydrogens (tertiary/aromatic N) is 5. The lowest BCUT2D eigenvalue weighted by atomic mass is 10.1. The molecule has 0 saturated heterocycles. The standard InChI is InChI=1S/C24H21N5O3S/c1-13-7-9-16(10-8-13)23-27-26-22(32-23)15(3)31-24(30)17-12-18(19-6-5-11-33-19)25-21-20(17)14(2)28-29(21)4/h5-12,15H,1-4H3. The van der Waals surface area contributed by atoms with E-state index in [-0.39, 0.29) is 5.89 Å². The highest BCUT2D eigenvalue weighted by Crippen LogP contribution is 2.31. The average molecular weight is 460 g/mol. The summed E-state index contributed by atoms with van der Waals surface area (Å²) in [5.41, 5.74) is 4.37. The molecule has 5 rings (SSSR count). The molecule has 0 aliphatic heterocycles. The molecule has 0 fully saturated rings. The third-order valence-corrected chi connectivity index (χ3v) is 6.23. The summed E-state index contributed by atoms with van der Waals surface area (Å²) in [6.45, 7) is 5.56. The summed E-state index contributed by atoms with van der Waals surface area (Å²) in [6.07, 6.45) is -0.727. The van der Waals surface area contributed by atoms with Gasteiger partial charge in [0.25, 0.3) is 5.89 Å². The number of carbonyl (C=O) groups is 1. The number of thiophene rings is 1. The van der Waals surface area contributed by atoms with Gasteiger partial charge in [0.2, 0.25) is 5.89 Å². The van der Waals surface area contributed by atoms with Crippen LogP contribution in [0.15, 0.2) is 52.3 Å². The quantitative estimate of drug-likeness (QED) is 0.330. The number of aryl methyl sites for hydroxylation is 3. The number of ether oxygens (including phenoxy) is 1. The molecule has 4 heterocycles. The summed E-state index contributed by atoms with van der Waals surface area (Å²) in [5.74, 6) is 0.104. The largest absolute Gasteiger partial charge is 0.449 e. The van der Waals surface area contributed by atoms with Crippen LogP contribution >= 0.6 is 11.3 Å². The maximum absolute atomic E-state index is 13.3. The Morgan fingerprint density at radius 2 is 1.94 bits per heavy atom. The lowest BCUT2D eigenvalue weighted by Gasteiger charge is -2.11. The van der Waals surface area contributed by atoms with Crippen molar-refractivity contribution in [3.8, 4) is 22.0 Å². The summed E-state index contributed by atoms with van der Waals surface area (Å²) in [4.78, 5) is 18.9. The zero-order chi connectivity index (χ0) is 23.1. The van der Waals surface area contributed by atoms with Gasteiger partial charge in [0, 0.05) is 12.6 Å². The van der Waals surface area contributed by atoms with Gasteiger partial charge in [0.15, 0.2) is 11.8 Å². The van der Waals surface area contributed by atoms with Crippen molar-refractivity contribution in [1.29, 1.82) is 0 Å². The van der Waals surface area contributed by atoms with Crippen molar-refractivity contribution in [2.24, 2.45) is 7.05 Å². The highest BCUT2D eigenvalue weighted by molar-refractivity contribution is 7.13. The summed E-state index contributed by atoms with van der Waals surface area (Å²) < 4.78 is 13.2. The van der Waals surface area contributed by atoms with Crippen LogP contribution in [0.1, 0.15) is 40.5 Å². The molecule has 0 amide bonds. The van der Waals surface area contributed by atoms with E-state index in [1.807, 2.05) is 62.7 Å². The molecule has 0 bridgehead atoms. The first-order valence-electron chi connectivity index (χ1n) is 10.4. The molecule has 33 heavy (non-hydrogen) atoms. The molecule has 0 N–H and O–H groups in total. The normalized spacial score (nSPS) is 12.2. The van der Waals surface area contributed by atoms with Crippen molar-refractivity contribution >= 4 is 28.3 Å². The van der Waals surface area contributed by atoms with Crippen LogP contribution in [0, 0.1) is 13.8 Å². The highest BCUT2D eigenvalue weighted by atomic mass is 32.1. The number of hydrogen-bond acceptors (Lipinski definition) is 8. The Morgan fingerprint density at radius 1 is 1.15 bits per heavy atom. The zero-order valence-corrected chi connectivity index (χ0v) is 19.4. The summed E-state index contributed by atoms with van der Waals surface area (Å²) in [5, 5.41) is 15.3. The smallest absolute Gasteiger partial charge is 0.339 e. The molecule has 166 valence electrons. The Kier molecular flexibility index (Phi) is 5.26. The molecule has 1 unspecified atom stereocenters. The number of esters is 1. The van der Waals surface area contributed by atoms with Gasteiger partial charge in [-0.15, -0.1) is 21.5 Å². The van der Waals surface area contributed by atoms with Gasteiger partial charge in [-0.1, -0.05) is 23.8 Å². The molecule has 9 heteroatoms. The minimum Gasteiger partial charge on any atom is -0.449 e. The van der Waals surface area contributed by atoms with Crippen molar-refractivity contribution in [2.45, 2.75) is 26.9 Å². The van der Waals surface area contributed by atoms with E-state index in [1.54, 1.807) is 29.0 Å². The second-order valence-corrected chi connectivity index (χ2v) is 8.75. The van der Waals surface area contributed by atoms with Crippen LogP contribution in [0.5, 0.6) is 0 Å². The molecule has 5 aromatic rings. The minimum absolute atomic E-state index is 0.227. The summed E-state index contributed by atoms with van der Waals surface area (Å²) in [6, 6.07) is 13.4. The van der Waals surface area contributed by atoms with E-state index in [1.165, 1.54) is 0 Å². The Bertz CT molecular complexity index is 1450. The molecule has 0 aliphatic rings. The van der Waals surface area contributed by atoms with Crippen LogP contribution in [0.25, 0.3) is 33.1 Å². The first-order chi connectivity index (χ1) is 15.9. The van der Waals surface area contributed by atoms with Crippen molar-refractivity contribution in [1.82, 2.24) is 25.0 Å². The number of hydrogen-bond donors (Lipinski definition) is 0. The lowest BCUT2D eigenvalue weighted by Crippen LogP contribution is -2.11. The molecule has 1 aromatic carbocycles. The fourth-order valence-electron chi connectivity index (χ4n) is 3.64. The Hall–Kier alpha value is -3.85. The van der Waals surface area contributed by atoms with E-state index in [2.05, 4.69) is 15.3 Å². The number of benzene rings is 1. The fourth-order valence-corrected chi connectivity index (χ4v) is 4.33. The van der Waals surface area contributed by atoms with Crippen LogP contribution < -0.4 is 0 Å². The molecular formula is C24H21N5O3S. The van der Waals surface area contributed by atoms with Gasteiger partial charge in [-0.2, -0.15) is 5.10 Å². The van der Waals surface area contributed by atoms with E-state index in [9.17, 15) is 4.79 Å². The monoisotopic (exact) mass is 459 g/mol. The van der Waals surface area contributed by atoms with Gasteiger partial charge < -0.3 is 9.15 Å². The minimum atomic E-state index is -0.727. The molecule has 0 radical (unpaired) electrons.